The van der Waals surface area contributed by atoms with E-state index in [1.54, 1.807) is 0 Å². The number of amidine groups is 2. The predicted octanol–water partition coefficient (Wildman–Crippen LogP) is 11.7. The van der Waals surface area contributed by atoms with Crippen LogP contribution in [0.2, 0.25) is 0 Å². The molecule has 51 heavy (non-hydrogen) atoms. The van der Waals surface area contributed by atoms with Crippen LogP contribution in [-0.4, -0.2) is 11.7 Å². The largest absolute Gasteiger partial charge is 0.456 e. The molecule has 8 aromatic carbocycles. The standard InChI is InChI=1S/C47H31N3O/c1-3-12-30(13-4-1)36-17-9-10-19-38(36)34-26-27-42-41(28-34)44-39(20-11-21-43(44)51-42)47-49-45(33-15-5-2-6-16-33)48-46(50-47)35-25-24-32-23-22-31-14-7-8-18-37(31)40(32)29-35/h1-29,47H,(H,48,49,50). The van der Waals surface area contributed by atoms with Crippen LogP contribution < -0.4 is 5.32 Å². The maximum Gasteiger partial charge on any atom is 0.170 e. The van der Waals surface area contributed by atoms with E-state index in [1.807, 2.05) is 30.3 Å². The van der Waals surface area contributed by atoms with Gasteiger partial charge in [-0.1, -0.05) is 152 Å². The summed E-state index contributed by atoms with van der Waals surface area (Å²) in [5, 5.41) is 10.5. The lowest BCUT2D eigenvalue weighted by molar-refractivity contribution is 0.667. The van der Waals surface area contributed by atoms with Crippen molar-refractivity contribution in [1.82, 2.24) is 5.32 Å². The van der Waals surface area contributed by atoms with Crippen LogP contribution in [0.15, 0.2) is 190 Å². The Bertz CT molecular complexity index is 2830. The zero-order valence-electron chi connectivity index (χ0n) is 27.6. The summed E-state index contributed by atoms with van der Waals surface area (Å²) < 4.78 is 6.49. The van der Waals surface area contributed by atoms with Gasteiger partial charge in [-0.05, 0) is 68.1 Å². The number of nitrogens with one attached hydrogen (secondary N) is 1. The van der Waals surface area contributed by atoms with E-state index >= 15 is 0 Å². The van der Waals surface area contributed by atoms with Crippen LogP contribution in [-0.2, 0) is 0 Å². The average molecular weight is 654 g/mol. The number of benzene rings is 8. The first kappa shape index (κ1) is 29.2. The maximum atomic E-state index is 6.49. The van der Waals surface area contributed by atoms with Crippen molar-refractivity contribution in [2.75, 3.05) is 0 Å². The number of nitrogens with zero attached hydrogens (tertiary/aromatic N) is 2. The monoisotopic (exact) mass is 653 g/mol. The molecule has 1 atom stereocenters. The highest BCUT2D eigenvalue weighted by Crippen LogP contribution is 2.40. The first-order chi connectivity index (χ1) is 25.3. The van der Waals surface area contributed by atoms with Gasteiger partial charge in [-0.15, -0.1) is 0 Å². The second-order valence-corrected chi connectivity index (χ2v) is 13.0. The zero-order chi connectivity index (χ0) is 33.7. The van der Waals surface area contributed by atoms with Crippen molar-refractivity contribution in [3.8, 4) is 22.3 Å². The fraction of sp³-hybridized carbons (Fsp3) is 0.0213. The van der Waals surface area contributed by atoms with E-state index in [2.05, 4.69) is 151 Å². The molecular weight excluding hydrogens is 623 g/mol. The highest BCUT2D eigenvalue weighted by Gasteiger charge is 2.24. The molecule has 240 valence electrons. The summed E-state index contributed by atoms with van der Waals surface area (Å²) in [4.78, 5) is 10.6. The summed E-state index contributed by atoms with van der Waals surface area (Å²) in [7, 11) is 0. The van der Waals surface area contributed by atoms with Gasteiger partial charge in [-0.2, -0.15) is 0 Å². The highest BCUT2D eigenvalue weighted by molar-refractivity contribution is 6.18. The van der Waals surface area contributed by atoms with Gasteiger partial charge in [0.1, 0.15) is 22.8 Å². The van der Waals surface area contributed by atoms with Crippen LogP contribution in [0.25, 0.3) is 65.7 Å². The van der Waals surface area contributed by atoms with E-state index in [9.17, 15) is 0 Å². The van der Waals surface area contributed by atoms with Crippen LogP contribution >= 0.6 is 0 Å². The van der Waals surface area contributed by atoms with E-state index in [4.69, 9.17) is 14.4 Å². The smallest absolute Gasteiger partial charge is 0.170 e. The van der Waals surface area contributed by atoms with Crippen LogP contribution in [0.3, 0.4) is 0 Å². The Morgan fingerprint density at radius 1 is 0.412 bits per heavy atom. The van der Waals surface area contributed by atoms with Gasteiger partial charge in [-0.25, -0.2) is 9.98 Å². The quantitative estimate of drug-likeness (QED) is 0.188. The summed E-state index contributed by atoms with van der Waals surface area (Å²) in [6, 6.07) is 61.6. The molecular formula is C47H31N3O. The third-order valence-corrected chi connectivity index (χ3v) is 9.94. The molecule has 10 rings (SSSR count). The number of furan rings is 1. The molecule has 1 N–H and O–H groups in total. The number of hydrogen-bond donors (Lipinski definition) is 1. The Kier molecular flexibility index (Phi) is 6.85. The molecule has 0 spiro atoms. The van der Waals surface area contributed by atoms with E-state index in [0.29, 0.717) is 0 Å². The van der Waals surface area contributed by atoms with Gasteiger partial charge < -0.3 is 9.73 Å². The fourth-order valence-electron chi connectivity index (χ4n) is 7.47. The van der Waals surface area contributed by atoms with Crippen LogP contribution in [0, 0.1) is 0 Å². The average Bonchev–Trinajstić information content (AvgIpc) is 3.59. The second kappa shape index (κ2) is 12.0. The molecule has 0 bridgehead atoms. The molecule has 9 aromatic rings. The molecule has 1 aliphatic rings. The molecule has 4 heteroatoms. The highest BCUT2D eigenvalue weighted by atomic mass is 16.3. The Balaban J connectivity index is 1.15. The van der Waals surface area contributed by atoms with E-state index in [1.165, 1.54) is 38.2 Å². The molecule has 0 radical (unpaired) electrons. The van der Waals surface area contributed by atoms with Gasteiger partial charge in [0, 0.05) is 27.5 Å². The molecule has 1 aromatic heterocycles. The number of fused-ring (bicyclic) bond motifs is 6. The van der Waals surface area contributed by atoms with E-state index in [0.717, 1.165) is 55.9 Å². The molecule has 1 aliphatic heterocycles. The van der Waals surface area contributed by atoms with Gasteiger partial charge in [-0.3, -0.25) is 0 Å². The molecule has 4 nitrogen and oxygen atoms in total. The SMILES string of the molecule is c1ccc(C2=NC(c3cccc4oc5ccc(-c6ccccc6-c6ccccc6)cc5c34)N=C(c3ccc4ccc5ccccc5c4c3)N2)cc1. The molecule has 2 heterocycles. The van der Waals surface area contributed by atoms with Gasteiger partial charge in [0.05, 0.1) is 0 Å². The lowest BCUT2D eigenvalue weighted by Gasteiger charge is -2.23. The van der Waals surface area contributed by atoms with Crippen molar-refractivity contribution in [2.24, 2.45) is 9.98 Å². The van der Waals surface area contributed by atoms with Crippen LogP contribution in [0.1, 0.15) is 22.9 Å². The van der Waals surface area contributed by atoms with Gasteiger partial charge in [0.15, 0.2) is 6.17 Å². The van der Waals surface area contributed by atoms with E-state index < -0.39 is 6.17 Å². The number of hydrogen-bond acceptors (Lipinski definition) is 4. The molecule has 0 aliphatic carbocycles. The van der Waals surface area contributed by atoms with Crippen LogP contribution in [0.4, 0.5) is 0 Å². The lowest BCUT2D eigenvalue weighted by Crippen LogP contribution is -2.36. The summed E-state index contributed by atoms with van der Waals surface area (Å²) in [6.07, 6.45) is -0.496. The molecule has 0 saturated carbocycles. The first-order valence-corrected chi connectivity index (χ1v) is 17.3. The minimum absolute atomic E-state index is 0.496. The second-order valence-electron chi connectivity index (χ2n) is 13.0. The molecule has 0 amide bonds. The lowest BCUT2D eigenvalue weighted by atomic mass is 9.93. The van der Waals surface area contributed by atoms with Gasteiger partial charge >= 0.3 is 0 Å². The Morgan fingerprint density at radius 2 is 1.02 bits per heavy atom. The Hall–Kier alpha value is -6.78. The van der Waals surface area contributed by atoms with Crippen molar-refractivity contribution in [1.29, 1.82) is 0 Å². The van der Waals surface area contributed by atoms with Crippen molar-refractivity contribution < 1.29 is 4.42 Å². The normalized spacial score (nSPS) is 14.5. The zero-order valence-corrected chi connectivity index (χ0v) is 27.6. The number of rotatable bonds is 5. The minimum Gasteiger partial charge on any atom is -0.456 e. The summed E-state index contributed by atoms with van der Waals surface area (Å²) in [5.41, 5.74) is 9.36. The Morgan fingerprint density at radius 3 is 1.82 bits per heavy atom. The van der Waals surface area contributed by atoms with Crippen molar-refractivity contribution in [3.63, 3.8) is 0 Å². The van der Waals surface area contributed by atoms with Gasteiger partial charge in [0.2, 0.25) is 0 Å². The number of aliphatic imine (C=N–C) groups is 2. The van der Waals surface area contributed by atoms with Crippen molar-refractivity contribution >= 4 is 55.2 Å². The predicted molar refractivity (Wildman–Crippen MR) is 211 cm³/mol. The third kappa shape index (κ3) is 5.08. The molecule has 1 unspecified atom stereocenters. The summed E-state index contributed by atoms with van der Waals surface area (Å²) in [6.45, 7) is 0. The minimum atomic E-state index is -0.496. The summed E-state index contributed by atoms with van der Waals surface area (Å²) >= 11 is 0. The molecule has 0 saturated heterocycles. The van der Waals surface area contributed by atoms with Crippen LogP contribution in [0.5, 0.6) is 0 Å². The first-order valence-electron chi connectivity index (χ1n) is 17.3. The van der Waals surface area contributed by atoms with E-state index in [-0.39, 0.29) is 0 Å². The summed E-state index contributed by atoms with van der Waals surface area (Å²) in [5.74, 6) is 1.57. The third-order valence-electron chi connectivity index (χ3n) is 9.94. The van der Waals surface area contributed by atoms with Gasteiger partial charge in [0.25, 0.3) is 0 Å². The molecule has 0 fully saturated rings. The fourth-order valence-corrected chi connectivity index (χ4v) is 7.47. The van der Waals surface area contributed by atoms with Crippen molar-refractivity contribution in [2.45, 2.75) is 6.17 Å². The van der Waals surface area contributed by atoms with Crippen molar-refractivity contribution in [3.05, 3.63) is 193 Å². The maximum absolute atomic E-state index is 6.49. The Labute approximate surface area is 295 Å². The topological polar surface area (TPSA) is 49.9 Å².